The molecule has 0 radical (unpaired) electrons. The molecule has 2 heterocycles. The summed E-state index contributed by atoms with van der Waals surface area (Å²) in [5.74, 6) is 1.77. The van der Waals surface area contributed by atoms with Crippen molar-refractivity contribution >= 4 is 0 Å². The Balaban J connectivity index is 2.23. The maximum atomic E-state index is 4.81. The van der Waals surface area contributed by atoms with E-state index in [1.165, 1.54) is 29.8 Å². The summed E-state index contributed by atoms with van der Waals surface area (Å²) in [6.45, 7) is 8.73. The second-order valence-electron chi connectivity index (χ2n) is 5.62. The number of nitrogens with zero attached hydrogens (tertiary/aromatic N) is 2. The van der Waals surface area contributed by atoms with Gasteiger partial charge in [0.05, 0.1) is 5.69 Å². The Morgan fingerprint density at radius 1 is 1.22 bits per heavy atom. The van der Waals surface area contributed by atoms with E-state index >= 15 is 0 Å². The fraction of sp³-hybridized carbons (Fsp3) is 0.733. The van der Waals surface area contributed by atoms with Crippen LogP contribution in [-0.4, -0.2) is 16.5 Å². The van der Waals surface area contributed by atoms with Gasteiger partial charge in [0.1, 0.15) is 5.82 Å². The van der Waals surface area contributed by atoms with Crippen molar-refractivity contribution in [2.24, 2.45) is 5.92 Å². The molecule has 2 rings (SSSR count). The van der Waals surface area contributed by atoms with Crippen LogP contribution in [0.15, 0.2) is 0 Å². The van der Waals surface area contributed by atoms with Gasteiger partial charge in [-0.25, -0.2) is 9.97 Å². The van der Waals surface area contributed by atoms with E-state index in [-0.39, 0.29) is 0 Å². The molecule has 100 valence electrons. The highest BCUT2D eigenvalue weighted by atomic mass is 15.0. The Morgan fingerprint density at radius 3 is 2.78 bits per heavy atom. The lowest BCUT2D eigenvalue weighted by atomic mass is 10.0. The fourth-order valence-electron chi connectivity index (χ4n) is 2.47. The Kier molecular flexibility index (Phi) is 4.70. The molecule has 18 heavy (non-hydrogen) atoms. The molecule has 0 atom stereocenters. The molecule has 0 saturated carbocycles. The molecule has 0 aliphatic carbocycles. The number of fused-ring (bicyclic) bond motifs is 1. The average molecular weight is 247 g/mol. The van der Waals surface area contributed by atoms with Crippen molar-refractivity contribution in [1.29, 1.82) is 0 Å². The summed E-state index contributed by atoms with van der Waals surface area (Å²) in [5, 5.41) is 3.41. The van der Waals surface area contributed by atoms with Gasteiger partial charge in [-0.3, -0.25) is 0 Å². The van der Waals surface area contributed by atoms with Crippen LogP contribution in [0.25, 0.3) is 0 Å². The van der Waals surface area contributed by atoms with E-state index in [1.54, 1.807) is 0 Å². The van der Waals surface area contributed by atoms with E-state index < -0.39 is 0 Å². The Bertz CT molecular complexity index is 399. The van der Waals surface area contributed by atoms with Crippen molar-refractivity contribution in [1.82, 2.24) is 15.3 Å². The lowest BCUT2D eigenvalue weighted by Crippen LogP contribution is -2.27. The van der Waals surface area contributed by atoms with Gasteiger partial charge in [-0.1, -0.05) is 27.2 Å². The molecule has 0 fully saturated rings. The third-order valence-corrected chi connectivity index (χ3v) is 3.50. The fourth-order valence-corrected chi connectivity index (χ4v) is 2.47. The molecule has 0 unspecified atom stereocenters. The third kappa shape index (κ3) is 3.29. The quantitative estimate of drug-likeness (QED) is 0.869. The van der Waals surface area contributed by atoms with Crippen LogP contribution in [0.1, 0.15) is 56.4 Å². The van der Waals surface area contributed by atoms with Crippen LogP contribution in [-0.2, 0) is 25.8 Å². The number of nitrogens with one attached hydrogen (secondary N) is 1. The Morgan fingerprint density at radius 2 is 2.06 bits per heavy atom. The average Bonchev–Trinajstić information content (AvgIpc) is 2.37. The summed E-state index contributed by atoms with van der Waals surface area (Å²) in [6.07, 6.45) is 5.55. The van der Waals surface area contributed by atoms with Crippen LogP contribution in [0.2, 0.25) is 0 Å². The Hall–Kier alpha value is -0.960. The monoisotopic (exact) mass is 247 g/mol. The van der Waals surface area contributed by atoms with E-state index in [9.17, 15) is 0 Å². The smallest absolute Gasteiger partial charge is 0.128 e. The molecule has 1 aromatic rings. The summed E-state index contributed by atoms with van der Waals surface area (Å²) in [6, 6.07) is 0. The second kappa shape index (κ2) is 6.28. The topological polar surface area (TPSA) is 37.8 Å². The van der Waals surface area contributed by atoms with Crippen molar-refractivity contribution in [2.75, 3.05) is 6.54 Å². The maximum Gasteiger partial charge on any atom is 0.128 e. The SMILES string of the molecule is CCCc1nc(CCC(C)C)nc2c1CCNC2. The number of aryl methyl sites for hydroxylation is 2. The summed E-state index contributed by atoms with van der Waals surface area (Å²) < 4.78 is 0. The largest absolute Gasteiger partial charge is 0.311 e. The minimum absolute atomic E-state index is 0.720. The van der Waals surface area contributed by atoms with Gasteiger partial charge in [0.25, 0.3) is 0 Å². The highest BCUT2D eigenvalue weighted by Crippen LogP contribution is 2.18. The molecule has 1 aromatic heterocycles. The third-order valence-electron chi connectivity index (χ3n) is 3.50. The first kappa shape index (κ1) is 13.5. The van der Waals surface area contributed by atoms with Crippen LogP contribution < -0.4 is 5.32 Å². The first-order valence-corrected chi connectivity index (χ1v) is 7.29. The van der Waals surface area contributed by atoms with Gasteiger partial charge in [-0.15, -0.1) is 0 Å². The van der Waals surface area contributed by atoms with E-state index in [4.69, 9.17) is 9.97 Å². The van der Waals surface area contributed by atoms with Gasteiger partial charge in [0, 0.05) is 18.7 Å². The molecule has 1 aliphatic heterocycles. The van der Waals surface area contributed by atoms with E-state index in [1.807, 2.05) is 0 Å². The normalized spacial score (nSPS) is 14.9. The second-order valence-corrected chi connectivity index (χ2v) is 5.62. The van der Waals surface area contributed by atoms with E-state index in [0.717, 1.165) is 44.1 Å². The minimum atomic E-state index is 0.720. The van der Waals surface area contributed by atoms with Crippen LogP contribution >= 0.6 is 0 Å². The first-order chi connectivity index (χ1) is 8.70. The molecule has 3 nitrogen and oxygen atoms in total. The van der Waals surface area contributed by atoms with Crippen LogP contribution in [0, 0.1) is 5.92 Å². The summed E-state index contributed by atoms with van der Waals surface area (Å²) in [4.78, 5) is 9.56. The molecule has 0 saturated heterocycles. The van der Waals surface area contributed by atoms with Gasteiger partial charge < -0.3 is 5.32 Å². The van der Waals surface area contributed by atoms with Crippen LogP contribution in [0.5, 0.6) is 0 Å². The molecular formula is C15H25N3. The molecule has 0 aromatic carbocycles. The van der Waals surface area contributed by atoms with Crippen LogP contribution in [0.3, 0.4) is 0 Å². The van der Waals surface area contributed by atoms with Crippen molar-refractivity contribution in [3.8, 4) is 0 Å². The first-order valence-electron chi connectivity index (χ1n) is 7.29. The van der Waals surface area contributed by atoms with Gasteiger partial charge in [-0.05, 0) is 37.3 Å². The van der Waals surface area contributed by atoms with Gasteiger partial charge >= 0.3 is 0 Å². The molecule has 0 amide bonds. The number of hydrogen-bond donors (Lipinski definition) is 1. The molecular weight excluding hydrogens is 222 g/mol. The highest BCUT2D eigenvalue weighted by Gasteiger charge is 2.16. The van der Waals surface area contributed by atoms with E-state index in [0.29, 0.717) is 0 Å². The highest BCUT2D eigenvalue weighted by molar-refractivity contribution is 5.28. The molecule has 0 spiro atoms. The van der Waals surface area contributed by atoms with Gasteiger partial charge in [-0.2, -0.15) is 0 Å². The van der Waals surface area contributed by atoms with Crippen molar-refractivity contribution < 1.29 is 0 Å². The predicted octanol–water partition coefficient (Wildman–Crippen LogP) is 2.66. The maximum absolute atomic E-state index is 4.81. The zero-order valence-electron chi connectivity index (χ0n) is 11.9. The summed E-state index contributed by atoms with van der Waals surface area (Å²) in [5.41, 5.74) is 3.98. The molecule has 0 bridgehead atoms. The van der Waals surface area contributed by atoms with Gasteiger partial charge in [0.2, 0.25) is 0 Å². The Labute approximate surface area is 110 Å². The van der Waals surface area contributed by atoms with E-state index in [2.05, 4.69) is 26.1 Å². The number of hydrogen-bond acceptors (Lipinski definition) is 3. The lowest BCUT2D eigenvalue weighted by molar-refractivity contribution is 0.560. The molecule has 3 heteroatoms. The predicted molar refractivity (Wildman–Crippen MR) is 74.6 cm³/mol. The minimum Gasteiger partial charge on any atom is -0.311 e. The van der Waals surface area contributed by atoms with Gasteiger partial charge in [0.15, 0.2) is 0 Å². The van der Waals surface area contributed by atoms with Crippen LogP contribution in [0.4, 0.5) is 0 Å². The molecule has 1 aliphatic rings. The zero-order valence-corrected chi connectivity index (χ0v) is 11.9. The lowest BCUT2D eigenvalue weighted by Gasteiger charge is -2.20. The molecule has 1 N–H and O–H groups in total. The number of aromatic nitrogens is 2. The summed E-state index contributed by atoms with van der Waals surface area (Å²) in [7, 11) is 0. The van der Waals surface area contributed by atoms with Crippen molar-refractivity contribution in [3.63, 3.8) is 0 Å². The standard InChI is InChI=1S/C15H25N3/c1-4-5-13-12-8-9-16-10-14(12)18-15(17-13)7-6-11(2)3/h11,16H,4-10H2,1-3H3. The zero-order chi connectivity index (χ0) is 13.0. The summed E-state index contributed by atoms with van der Waals surface area (Å²) >= 11 is 0. The van der Waals surface area contributed by atoms with Crippen molar-refractivity contribution in [2.45, 2.75) is 59.4 Å². The number of rotatable bonds is 5. The van der Waals surface area contributed by atoms with Crippen molar-refractivity contribution in [3.05, 3.63) is 22.8 Å².